The predicted octanol–water partition coefficient (Wildman–Crippen LogP) is 2.56. The number of carboxylic acid groups (broad SMARTS) is 1. The summed E-state index contributed by atoms with van der Waals surface area (Å²) in [5, 5.41) is 9.47. The molecule has 0 spiro atoms. The molecule has 1 N–H and O–H groups in total. The van der Waals surface area contributed by atoms with Crippen molar-refractivity contribution in [1.82, 2.24) is 9.80 Å². The number of fused-ring (bicyclic) bond motifs is 1. The van der Waals surface area contributed by atoms with Crippen LogP contribution in [0.5, 0.6) is 0 Å². The number of carboxylic acids is 1. The number of amides is 2. The van der Waals surface area contributed by atoms with Crippen LogP contribution in [0.25, 0.3) is 0 Å². The Morgan fingerprint density at radius 1 is 1.05 bits per heavy atom. The SMILES string of the molecule is CC1(C(=O)O)CCCN1C(=O)N1CCC2CCCCC2C1. The van der Waals surface area contributed by atoms with Crippen LogP contribution in [0.15, 0.2) is 0 Å². The van der Waals surface area contributed by atoms with E-state index in [2.05, 4.69) is 0 Å². The average molecular weight is 294 g/mol. The molecule has 2 heterocycles. The van der Waals surface area contributed by atoms with Gasteiger partial charge in [-0.05, 0) is 44.4 Å². The molecule has 0 aromatic carbocycles. The van der Waals surface area contributed by atoms with Gasteiger partial charge in [0.05, 0.1) is 0 Å². The zero-order valence-electron chi connectivity index (χ0n) is 12.9. The van der Waals surface area contributed by atoms with Crippen molar-refractivity contribution in [2.24, 2.45) is 11.8 Å². The van der Waals surface area contributed by atoms with Gasteiger partial charge in [-0.2, -0.15) is 0 Å². The van der Waals surface area contributed by atoms with Crippen molar-refractivity contribution in [3.8, 4) is 0 Å². The zero-order chi connectivity index (χ0) is 15.0. The van der Waals surface area contributed by atoms with Crippen molar-refractivity contribution >= 4 is 12.0 Å². The lowest BCUT2D eigenvalue weighted by Crippen LogP contribution is -2.57. The van der Waals surface area contributed by atoms with Gasteiger partial charge in [-0.3, -0.25) is 0 Å². The summed E-state index contributed by atoms with van der Waals surface area (Å²) in [5.74, 6) is 0.545. The maximum Gasteiger partial charge on any atom is 0.329 e. The third-order valence-electron chi connectivity index (χ3n) is 5.89. The molecule has 3 rings (SSSR count). The normalized spacial score (nSPS) is 36.4. The van der Waals surface area contributed by atoms with Crippen LogP contribution >= 0.6 is 0 Å². The number of carbonyl (C=O) groups is 2. The first kappa shape index (κ1) is 14.7. The molecule has 1 saturated carbocycles. The highest BCUT2D eigenvalue weighted by Crippen LogP contribution is 2.37. The third kappa shape index (κ3) is 2.51. The van der Waals surface area contributed by atoms with E-state index in [4.69, 9.17) is 0 Å². The van der Waals surface area contributed by atoms with E-state index in [0.29, 0.717) is 18.9 Å². The summed E-state index contributed by atoms with van der Waals surface area (Å²) in [6, 6.07) is -0.0542. The topological polar surface area (TPSA) is 60.9 Å². The van der Waals surface area contributed by atoms with E-state index in [0.717, 1.165) is 31.8 Å². The van der Waals surface area contributed by atoms with Crippen LogP contribution in [0, 0.1) is 11.8 Å². The number of hydrogen-bond donors (Lipinski definition) is 1. The van der Waals surface area contributed by atoms with E-state index in [1.165, 1.54) is 25.7 Å². The smallest absolute Gasteiger partial charge is 0.329 e. The number of rotatable bonds is 1. The Balaban J connectivity index is 1.69. The Bertz CT molecular complexity index is 439. The average Bonchev–Trinajstić information content (AvgIpc) is 2.89. The molecule has 3 atom stereocenters. The van der Waals surface area contributed by atoms with Crippen LogP contribution in [-0.2, 0) is 4.79 Å². The third-order valence-corrected chi connectivity index (χ3v) is 5.89. The maximum absolute atomic E-state index is 12.8. The van der Waals surface area contributed by atoms with E-state index in [1.54, 1.807) is 11.8 Å². The summed E-state index contributed by atoms with van der Waals surface area (Å²) in [7, 11) is 0. The lowest BCUT2D eigenvalue weighted by Gasteiger charge is -2.44. The molecule has 0 bridgehead atoms. The zero-order valence-corrected chi connectivity index (χ0v) is 12.9. The molecule has 5 nitrogen and oxygen atoms in total. The van der Waals surface area contributed by atoms with Crippen molar-refractivity contribution in [3.63, 3.8) is 0 Å². The number of carbonyl (C=O) groups excluding carboxylic acids is 1. The molecule has 1 aliphatic carbocycles. The summed E-state index contributed by atoms with van der Waals surface area (Å²) < 4.78 is 0. The van der Waals surface area contributed by atoms with Gasteiger partial charge in [0.1, 0.15) is 5.54 Å². The summed E-state index contributed by atoms with van der Waals surface area (Å²) >= 11 is 0. The lowest BCUT2D eigenvalue weighted by molar-refractivity contribution is -0.147. The fourth-order valence-electron chi connectivity index (χ4n) is 4.44. The minimum Gasteiger partial charge on any atom is -0.480 e. The highest BCUT2D eigenvalue weighted by atomic mass is 16.4. The van der Waals surface area contributed by atoms with Crippen molar-refractivity contribution < 1.29 is 14.7 Å². The fraction of sp³-hybridized carbons (Fsp3) is 0.875. The van der Waals surface area contributed by atoms with E-state index in [-0.39, 0.29) is 6.03 Å². The molecular weight excluding hydrogens is 268 g/mol. The standard InChI is InChI=1S/C16H26N2O3/c1-16(14(19)20)8-4-9-18(16)15(21)17-10-7-12-5-2-3-6-13(12)11-17/h12-13H,2-11H2,1H3,(H,19,20). The number of piperidine rings is 1. The van der Waals surface area contributed by atoms with Crippen molar-refractivity contribution in [1.29, 1.82) is 0 Å². The Hall–Kier alpha value is -1.26. The van der Waals surface area contributed by atoms with Gasteiger partial charge < -0.3 is 14.9 Å². The molecule has 5 heteroatoms. The minimum atomic E-state index is -1.01. The summed E-state index contributed by atoms with van der Waals surface area (Å²) in [5.41, 5.74) is -1.01. The second-order valence-corrected chi connectivity index (χ2v) is 7.16. The van der Waals surface area contributed by atoms with Gasteiger partial charge >= 0.3 is 12.0 Å². The molecular formula is C16H26N2O3. The molecule has 0 aromatic heterocycles. The number of likely N-dealkylation sites (tertiary alicyclic amines) is 2. The maximum atomic E-state index is 12.8. The van der Waals surface area contributed by atoms with E-state index in [1.807, 2.05) is 4.90 Å². The molecule has 21 heavy (non-hydrogen) atoms. The Morgan fingerprint density at radius 3 is 2.48 bits per heavy atom. The van der Waals surface area contributed by atoms with Gasteiger partial charge in [0.25, 0.3) is 0 Å². The van der Waals surface area contributed by atoms with Crippen LogP contribution in [0.2, 0.25) is 0 Å². The molecule has 118 valence electrons. The Kier molecular flexibility index (Phi) is 3.84. The van der Waals surface area contributed by atoms with Gasteiger partial charge in [0.15, 0.2) is 0 Å². The van der Waals surface area contributed by atoms with Crippen LogP contribution in [0.1, 0.15) is 51.9 Å². The first-order chi connectivity index (χ1) is 10.0. The number of aliphatic carboxylic acids is 1. The van der Waals surface area contributed by atoms with Gasteiger partial charge in [0, 0.05) is 19.6 Å². The van der Waals surface area contributed by atoms with Crippen LogP contribution in [0.4, 0.5) is 4.79 Å². The van der Waals surface area contributed by atoms with Crippen molar-refractivity contribution in [2.45, 2.75) is 57.4 Å². The molecule has 3 unspecified atom stereocenters. The van der Waals surface area contributed by atoms with Crippen LogP contribution in [0.3, 0.4) is 0 Å². The van der Waals surface area contributed by atoms with Gasteiger partial charge in [0.2, 0.25) is 0 Å². The summed E-state index contributed by atoms with van der Waals surface area (Å²) in [6.45, 7) is 3.89. The lowest BCUT2D eigenvalue weighted by atomic mass is 9.75. The molecule has 2 amide bonds. The fourth-order valence-corrected chi connectivity index (χ4v) is 4.44. The summed E-state index contributed by atoms with van der Waals surface area (Å²) in [4.78, 5) is 27.8. The molecule has 2 aliphatic heterocycles. The molecule has 0 aromatic rings. The van der Waals surface area contributed by atoms with E-state index in [9.17, 15) is 14.7 Å². The molecule has 3 fully saturated rings. The first-order valence-electron chi connectivity index (χ1n) is 8.32. The van der Waals surface area contributed by atoms with Crippen molar-refractivity contribution in [2.75, 3.05) is 19.6 Å². The Labute approximate surface area is 126 Å². The predicted molar refractivity (Wildman–Crippen MR) is 79.0 cm³/mol. The molecule has 2 saturated heterocycles. The molecule has 3 aliphatic rings. The highest BCUT2D eigenvalue weighted by molar-refractivity contribution is 5.86. The van der Waals surface area contributed by atoms with Crippen LogP contribution in [-0.4, -0.2) is 52.1 Å². The number of urea groups is 1. The second kappa shape index (κ2) is 5.50. The summed E-state index contributed by atoms with van der Waals surface area (Å²) in [6.07, 6.45) is 7.59. The molecule has 0 radical (unpaired) electrons. The van der Waals surface area contributed by atoms with Crippen molar-refractivity contribution in [3.05, 3.63) is 0 Å². The van der Waals surface area contributed by atoms with Crippen LogP contribution < -0.4 is 0 Å². The van der Waals surface area contributed by atoms with E-state index < -0.39 is 11.5 Å². The van der Waals surface area contributed by atoms with E-state index >= 15 is 0 Å². The quantitative estimate of drug-likeness (QED) is 0.808. The number of hydrogen-bond acceptors (Lipinski definition) is 2. The minimum absolute atomic E-state index is 0.0542. The largest absolute Gasteiger partial charge is 0.480 e. The second-order valence-electron chi connectivity index (χ2n) is 7.16. The number of nitrogens with zero attached hydrogens (tertiary/aromatic N) is 2. The van der Waals surface area contributed by atoms with Gasteiger partial charge in [-0.25, -0.2) is 9.59 Å². The first-order valence-corrected chi connectivity index (χ1v) is 8.32. The van der Waals surface area contributed by atoms with Gasteiger partial charge in [-0.1, -0.05) is 19.3 Å². The highest BCUT2D eigenvalue weighted by Gasteiger charge is 2.48. The van der Waals surface area contributed by atoms with Gasteiger partial charge in [-0.15, -0.1) is 0 Å². The monoisotopic (exact) mass is 294 g/mol. The Morgan fingerprint density at radius 2 is 1.76 bits per heavy atom.